The molecule has 0 atom stereocenters. The number of fused-ring (bicyclic) bond motifs is 1. The highest BCUT2D eigenvalue weighted by Gasteiger charge is 2.14. The van der Waals surface area contributed by atoms with Gasteiger partial charge in [-0.1, -0.05) is 36.4 Å². The Balaban J connectivity index is 1.97. The molecule has 0 aliphatic heterocycles. The molecule has 1 aromatic carbocycles. The minimum Gasteiger partial charge on any atom is -0.390 e. The molecule has 0 spiro atoms. The molecule has 3 rings (SSSR count). The van der Waals surface area contributed by atoms with Crippen molar-refractivity contribution in [1.29, 1.82) is 0 Å². The van der Waals surface area contributed by atoms with E-state index in [0.717, 1.165) is 23.7 Å². The van der Waals surface area contributed by atoms with E-state index in [1.807, 2.05) is 54.0 Å². The van der Waals surface area contributed by atoms with E-state index in [2.05, 4.69) is 22.0 Å². The number of aliphatic hydroxyl groups is 1. The summed E-state index contributed by atoms with van der Waals surface area (Å²) in [6.45, 7) is 0.733. The molecule has 3 aromatic rings. The Morgan fingerprint density at radius 2 is 1.85 bits per heavy atom. The lowest BCUT2D eigenvalue weighted by atomic mass is 10.2. The third kappa shape index (κ3) is 2.26. The van der Waals surface area contributed by atoms with Gasteiger partial charge in [-0.05, 0) is 17.7 Å². The van der Waals surface area contributed by atoms with Gasteiger partial charge in [-0.15, -0.1) is 0 Å². The average molecular weight is 267 g/mol. The molecule has 0 amide bonds. The predicted octanol–water partition coefficient (Wildman–Crippen LogP) is 2.46. The van der Waals surface area contributed by atoms with Gasteiger partial charge in [0.1, 0.15) is 5.65 Å². The van der Waals surface area contributed by atoms with Crippen molar-refractivity contribution in [3.8, 4) is 0 Å². The van der Waals surface area contributed by atoms with Crippen LogP contribution in [0.3, 0.4) is 0 Å². The van der Waals surface area contributed by atoms with Crippen molar-refractivity contribution in [3.05, 3.63) is 66.0 Å². The van der Waals surface area contributed by atoms with E-state index in [1.54, 1.807) is 0 Å². The summed E-state index contributed by atoms with van der Waals surface area (Å²) in [5.41, 5.74) is 2.89. The summed E-state index contributed by atoms with van der Waals surface area (Å²) < 4.78 is 1.93. The summed E-state index contributed by atoms with van der Waals surface area (Å²) in [7, 11) is 1.99. The van der Waals surface area contributed by atoms with Crippen molar-refractivity contribution in [2.75, 3.05) is 11.9 Å². The monoisotopic (exact) mass is 267 g/mol. The maximum Gasteiger partial charge on any atom is 0.153 e. The first-order valence-corrected chi connectivity index (χ1v) is 6.61. The fourth-order valence-corrected chi connectivity index (χ4v) is 2.42. The number of benzene rings is 1. The summed E-state index contributed by atoms with van der Waals surface area (Å²) in [6.07, 6.45) is 1.92. The topological polar surface area (TPSA) is 40.8 Å². The number of rotatable bonds is 4. The number of imidazole rings is 1. The molecule has 2 heterocycles. The number of aliphatic hydroxyl groups excluding tert-OH is 1. The highest BCUT2D eigenvalue weighted by Crippen LogP contribution is 2.22. The minimum atomic E-state index is -0.0281. The van der Waals surface area contributed by atoms with Gasteiger partial charge >= 0.3 is 0 Å². The van der Waals surface area contributed by atoms with Gasteiger partial charge in [0, 0.05) is 19.8 Å². The van der Waals surface area contributed by atoms with E-state index in [9.17, 15) is 5.11 Å². The first-order valence-electron chi connectivity index (χ1n) is 6.61. The molecule has 0 fully saturated rings. The van der Waals surface area contributed by atoms with E-state index in [-0.39, 0.29) is 6.61 Å². The maximum absolute atomic E-state index is 9.63. The second-order valence-corrected chi connectivity index (χ2v) is 4.81. The minimum absolute atomic E-state index is 0.0281. The standard InChI is InChI=1S/C16H17N3O/c1-18(11-13-7-3-2-4-8-13)16-14(12-20)19-10-6-5-9-15(19)17-16/h2-10,20H,11-12H2,1H3. The number of hydrogen-bond acceptors (Lipinski definition) is 3. The molecular formula is C16H17N3O. The van der Waals surface area contributed by atoms with Crippen molar-refractivity contribution in [3.63, 3.8) is 0 Å². The van der Waals surface area contributed by atoms with Crippen LogP contribution in [0.15, 0.2) is 54.7 Å². The molecule has 0 saturated carbocycles. The summed E-state index contributed by atoms with van der Waals surface area (Å²) in [4.78, 5) is 6.67. The molecule has 2 aromatic heterocycles. The van der Waals surface area contributed by atoms with Gasteiger partial charge in [-0.25, -0.2) is 4.98 Å². The van der Waals surface area contributed by atoms with Gasteiger partial charge in [0.2, 0.25) is 0 Å². The molecule has 0 aliphatic rings. The first kappa shape index (κ1) is 12.7. The van der Waals surface area contributed by atoms with E-state index in [1.165, 1.54) is 5.56 Å². The third-order valence-electron chi connectivity index (χ3n) is 3.38. The third-order valence-corrected chi connectivity index (χ3v) is 3.38. The van der Waals surface area contributed by atoms with Gasteiger partial charge < -0.3 is 10.0 Å². The molecule has 1 N–H and O–H groups in total. The van der Waals surface area contributed by atoms with Crippen LogP contribution in [0.4, 0.5) is 5.82 Å². The van der Waals surface area contributed by atoms with E-state index < -0.39 is 0 Å². The Morgan fingerprint density at radius 3 is 2.60 bits per heavy atom. The molecule has 0 aliphatic carbocycles. The normalized spacial score (nSPS) is 10.9. The molecule has 0 unspecified atom stereocenters. The van der Waals surface area contributed by atoms with Crippen LogP contribution in [0.25, 0.3) is 5.65 Å². The zero-order valence-corrected chi connectivity index (χ0v) is 11.4. The molecular weight excluding hydrogens is 250 g/mol. The van der Waals surface area contributed by atoms with Crippen LogP contribution in [0.1, 0.15) is 11.3 Å². The van der Waals surface area contributed by atoms with Crippen LogP contribution in [0.5, 0.6) is 0 Å². The Kier molecular flexibility index (Phi) is 3.39. The fraction of sp³-hybridized carbons (Fsp3) is 0.188. The van der Waals surface area contributed by atoms with E-state index in [0.29, 0.717) is 0 Å². The van der Waals surface area contributed by atoms with Crippen LogP contribution >= 0.6 is 0 Å². The highest BCUT2D eigenvalue weighted by molar-refractivity contribution is 5.55. The zero-order valence-electron chi connectivity index (χ0n) is 11.4. The fourth-order valence-electron chi connectivity index (χ4n) is 2.42. The van der Waals surface area contributed by atoms with Crippen LogP contribution in [-0.2, 0) is 13.2 Å². The Hall–Kier alpha value is -2.33. The van der Waals surface area contributed by atoms with Crippen LogP contribution < -0.4 is 4.90 Å². The lowest BCUT2D eigenvalue weighted by Crippen LogP contribution is -2.18. The van der Waals surface area contributed by atoms with Gasteiger partial charge in [0.25, 0.3) is 0 Å². The number of aromatic nitrogens is 2. The van der Waals surface area contributed by atoms with Gasteiger partial charge in [0.15, 0.2) is 5.82 Å². The first-order chi connectivity index (χ1) is 9.79. The van der Waals surface area contributed by atoms with Crippen LogP contribution in [-0.4, -0.2) is 21.5 Å². The Morgan fingerprint density at radius 1 is 1.10 bits per heavy atom. The predicted molar refractivity (Wildman–Crippen MR) is 79.7 cm³/mol. The second kappa shape index (κ2) is 5.35. The smallest absolute Gasteiger partial charge is 0.153 e. The Bertz CT molecular complexity index is 706. The van der Waals surface area contributed by atoms with Crippen molar-refractivity contribution >= 4 is 11.5 Å². The molecule has 0 saturated heterocycles. The van der Waals surface area contributed by atoms with E-state index >= 15 is 0 Å². The average Bonchev–Trinajstić information content (AvgIpc) is 2.87. The Labute approximate surface area is 117 Å². The molecule has 0 bridgehead atoms. The van der Waals surface area contributed by atoms with Gasteiger partial charge in [-0.3, -0.25) is 4.40 Å². The largest absolute Gasteiger partial charge is 0.390 e. The number of pyridine rings is 1. The van der Waals surface area contributed by atoms with E-state index in [4.69, 9.17) is 0 Å². The lowest BCUT2D eigenvalue weighted by Gasteiger charge is -2.18. The van der Waals surface area contributed by atoms with Crippen LogP contribution in [0, 0.1) is 0 Å². The van der Waals surface area contributed by atoms with Crippen molar-refractivity contribution < 1.29 is 5.11 Å². The molecule has 102 valence electrons. The lowest BCUT2D eigenvalue weighted by molar-refractivity contribution is 0.276. The second-order valence-electron chi connectivity index (χ2n) is 4.81. The quantitative estimate of drug-likeness (QED) is 0.789. The number of anilines is 1. The van der Waals surface area contributed by atoms with Crippen molar-refractivity contribution in [2.45, 2.75) is 13.2 Å². The maximum atomic E-state index is 9.63. The van der Waals surface area contributed by atoms with Crippen molar-refractivity contribution in [2.24, 2.45) is 0 Å². The molecule has 0 radical (unpaired) electrons. The summed E-state index contributed by atoms with van der Waals surface area (Å²) in [5, 5.41) is 9.63. The molecule has 4 nitrogen and oxygen atoms in total. The summed E-state index contributed by atoms with van der Waals surface area (Å²) in [6, 6.07) is 16.1. The van der Waals surface area contributed by atoms with Crippen molar-refractivity contribution in [1.82, 2.24) is 9.38 Å². The number of nitrogens with zero attached hydrogens (tertiary/aromatic N) is 3. The van der Waals surface area contributed by atoms with Gasteiger partial charge in [-0.2, -0.15) is 0 Å². The van der Waals surface area contributed by atoms with Crippen LogP contribution in [0.2, 0.25) is 0 Å². The molecule has 20 heavy (non-hydrogen) atoms. The molecule has 4 heteroatoms. The summed E-state index contributed by atoms with van der Waals surface area (Å²) in [5.74, 6) is 0.822. The highest BCUT2D eigenvalue weighted by atomic mass is 16.3. The number of hydrogen-bond donors (Lipinski definition) is 1. The SMILES string of the molecule is CN(Cc1ccccc1)c1nc2ccccn2c1CO. The van der Waals surface area contributed by atoms with Gasteiger partial charge in [0.05, 0.1) is 12.3 Å². The summed E-state index contributed by atoms with van der Waals surface area (Å²) >= 11 is 0. The zero-order chi connectivity index (χ0) is 13.9.